The standard InChI is InChI=1S/C29H21N2OSi.Ir/c1-4-13-24(14-5-1)33(25-15-6-2-7-16-25,26-17-8-3-9-18-26)28-22-23-12-10-19-27(29(23)32-28)31-21-11-20-30-31;/h1-18,20-22H;/q-1;. The number of nitrogens with zero attached hydrogens (tertiary/aromatic N) is 2. The van der Waals surface area contributed by atoms with Gasteiger partial charge in [-0.15, -0.1) is 0 Å². The van der Waals surface area contributed by atoms with Gasteiger partial charge in [0.15, 0.2) is 0 Å². The Balaban J connectivity index is 0.00000241. The summed E-state index contributed by atoms with van der Waals surface area (Å²) in [5.74, 6) is 0. The van der Waals surface area contributed by atoms with Gasteiger partial charge in [0, 0.05) is 38.1 Å². The Morgan fingerprint density at radius 2 is 1.26 bits per heavy atom. The van der Waals surface area contributed by atoms with Crippen LogP contribution >= 0.6 is 0 Å². The third-order valence-electron chi connectivity index (χ3n) is 6.18. The van der Waals surface area contributed by atoms with Crippen molar-refractivity contribution in [3.8, 4) is 5.69 Å². The summed E-state index contributed by atoms with van der Waals surface area (Å²) in [6.45, 7) is 0. The summed E-state index contributed by atoms with van der Waals surface area (Å²) in [6, 6.07) is 43.8. The van der Waals surface area contributed by atoms with Crippen molar-refractivity contribution in [2.24, 2.45) is 0 Å². The molecule has 0 aliphatic rings. The molecule has 0 bridgehead atoms. The molecule has 4 aromatic carbocycles. The van der Waals surface area contributed by atoms with Crippen LogP contribution in [0.15, 0.2) is 132 Å². The average molecular weight is 634 g/mol. The number of furan rings is 1. The number of aromatic nitrogens is 2. The smallest absolute Gasteiger partial charge is 0.221 e. The Labute approximate surface area is 213 Å². The molecule has 0 unspecified atom stereocenters. The molecule has 5 heteroatoms. The van der Waals surface area contributed by atoms with Crippen molar-refractivity contribution in [1.82, 2.24) is 9.78 Å². The van der Waals surface area contributed by atoms with Gasteiger partial charge in [-0.25, -0.2) is 0 Å². The van der Waals surface area contributed by atoms with E-state index in [0.29, 0.717) is 0 Å². The van der Waals surface area contributed by atoms with Crippen LogP contribution in [0, 0.1) is 6.07 Å². The second-order valence-electron chi connectivity index (χ2n) is 8.02. The topological polar surface area (TPSA) is 31.0 Å². The van der Waals surface area contributed by atoms with Gasteiger partial charge in [-0.05, 0) is 33.4 Å². The second kappa shape index (κ2) is 9.39. The van der Waals surface area contributed by atoms with E-state index in [9.17, 15) is 0 Å². The number of rotatable bonds is 5. The Hall–Kier alpha value is -3.50. The van der Waals surface area contributed by atoms with Gasteiger partial charge in [0.1, 0.15) is 0 Å². The van der Waals surface area contributed by atoms with Crippen LogP contribution in [-0.4, -0.2) is 17.9 Å². The second-order valence-corrected chi connectivity index (χ2v) is 11.7. The first-order valence-electron chi connectivity index (χ1n) is 11.0. The molecule has 0 spiro atoms. The zero-order chi connectivity index (χ0) is 22.1. The molecule has 1 radical (unpaired) electrons. The minimum Gasteiger partial charge on any atom is -0.521 e. The van der Waals surface area contributed by atoms with Crippen molar-refractivity contribution in [3.63, 3.8) is 0 Å². The third kappa shape index (κ3) is 3.59. The Kier molecular flexibility index (Phi) is 6.16. The van der Waals surface area contributed by atoms with Crippen molar-refractivity contribution in [2.45, 2.75) is 0 Å². The molecular weight excluding hydrogens is 613 g/mol. The summed E-state index contributed by atoms with van der Waals surface area (Å²) in [5.41, 5.74) is 1.62. The van der Waals surface area contributed by atoms with E-state index in [2.05, 4.69) is 114 Å². The molecule has 0 aliphatic heterocycles. The monoisotopic (exact) mass is 634 g/mol. The molecule has 0 amide bonds. The Morgan fingerprint density at radius 3 is 1.76 bits per heavy atom. The van der Waals surface area contributed by atoms with Gasteiger partial charge in [-0.2, -0.15) is 23.3 Å². The van der Waals surface area contributed by atoms with E-state index in [-0.39, 0.29) is 20.1 Å². The maximum Gasteiger partial charge on any atom is 0.221 e. The predicted molar refractivity (Wildman–Crippen MR) is 136 cm³/mol. The molecule has 2 aromatic heterocycles. The quantitative estimate of drug-likeness (QED) is 0.164. The average Bonchev–Trinajstić information content (AvgIpc) is 3.57. The number of benzene rings is 4. The molecule has 0 fully saturated rings. The molecular formula is C29H21IrN2OSi-. The fourth-order valence-electron chi connectivity index (χ4n) is 4.74. The molecule has 6 aromatic rings. The van der Waals surface area contributed by atoms with E-state index >= 15 is 0 Å². The van der Waals surface area contributed by atoms with Gasteiger partial charge >= 0.3 is 0 Å². The van der Waals surface area contributed by atoms with Crippen molar-refractivity contribution in [3.05, 3.63) is 134 Å². The summed E-state index contributed by atoms with van der Waals surface area (Å²) in [6.07, 6.45) is 3.69. The third-order valence-corrected chi connectivity index (χ3v) is 10.8. The van der Waals surface area contributed by atoms with Gasteiger partial charge in [0.25, 0.3) is 0 Å². The summed E-state index contributed by atoms with van der Waals surface area (Å²) in [5, 5.41) is 10.3. The van der Waals surface area contributed by atoms with Crippen LogP contribution in [0.2, 0.25) is 0 Å². The molecule has 34 heavy (non-hydrogen) atoms. The van der Waals surface area contributed by atoms with Gasteiger partial charge in [0.2, 0.25) is 8.07 Å². The summed E-state index contributed by atoms with van der Waals surface area (Å²) in [4.78, 5) is 0. The maximum absolute atomic E-state index is 6.82. The van der Waals surface area contributed by atoms with E-state index in [4.69, 9.17) is 4.42 Å². The van der Waals surface area contributed by atoms with Gasteiger partial charge < -0.3 is 4.42 Å². The van der Waals surface area contributed by atoms with Crippen LogP contribution in [0.1, 0.15) is 0 Å². The van der Waals surface area contributed by atoms with E-state index < -0.39 is 8.07 Å². The number of fused-ring (bicyclic) bond motifs is 1. The molecule has 6 rings (SSSR count). The van der Waals surface area contributed by atoms with Crippen LogP contribution in [0.3, 0.4) is 0 Å². The van der Waals surface area contributed by atoms with Crippen molar-refractivity contribution in [1.29, 1.82) is 0 Å². The Bertz CT molecular complexity index is 1400. The molecule has 0 N–H and O–H groups in total. The molecule has 0 atom stereocenters. The minimum absolute atomic E-state index is 0. The molecule has 0 saturated heterocycles. The van der Waals surface area contributed by atoms with Crippen LogP contribution in [0.4, 0.5) is 0 Å². The largest absolute Gasteiger partial charge is 0.521 e. The van der Waals surface area contributed by atoms with Crippen molar-refractivity contribution in [2.75, 3.05) is 0 Å². The first-order valence-corrected chi connectivity index (χ1v) is 13.0. The molecule has 3 nitrogen and oxygen atoms in total. The van der Waals surface area contributed by atoms with Crippen LogP contribution in [0.25, 0.3) is 16.7 Å². The molecule has 2 heterocycles. The predicted octanol–water partition coefficient (Wildman–Crippen LogP) is 3.79. The number of hydrogen-bond donors (Lipinski definition) is 0. The fourth-order valence-corrected chi connectivity index (χ4v) is 9.30. The normalized spacial score (nSPS) is 11.3. The molecule has 0 aliphatic carbocycles. The van der Waals surface area contributed by atoms with Crippen LogP contribution in [-0.2, 0) is 20.1 Å². The van der Waals surface area contributed by atoms with Crippen LogP contribution in [0.5, 0.6) is 0 Å². The zero-order valence-corrected chi connectivity index (χ0v) is 21.7. The van der Waals surface area contributed by atoms with E-state index in [0.717, 1.165) is 22.0 Å². The van der Waals surface area contributed by atoms with E-state index in [1.54, 1.807) is 6.20 Å². The van der Waals surface area contributed by atoms with Gasteiger partial charge in [-0.1, -0.05) is 96.4 Å². The van der Waals surface area contributed by atoms with Gasteiger partial charge in [-0.3, -0.25) is 4.68 Å². The van der Waals surface area contributed by atoms with E-state index in [1.165, 1.54) is 15.6 Å². The first-order chi connectivity index (χ1) is 16.4. The number of hydrogen-bond acceptors (Lipinski definition) is 2. The van der Waals surface area contributed by atoms with E-state index in [1.807, 2.05) is 23.0 Å². The van der Waals surface area contributed by atoms with Crippen LogP contribution < -0.4 is 20.9 Å². The summed E-state index contributed by atoms with van der Waals surface area (Å²) >= 11 is 0. The molecule has 167 valence electrons. The zero-order valence-electron chi connectivity index (χ0n) is 18.3. The fraction of sp³-hybridized carbons (Fsp3) is 0. The maximum atomic E-state index is 6.82. The summed E-state index contributed by atoms with van der Waals surface area (Å²) in [7, 11) is -2.70. The molecule has 0 saturated carbocycles. The SMILES string of the molecule is [Ir].[c-]1ccc2cc([Si](c3ccccc3)(c3ccccc3)c3ccccc3)oc2c1-n1cccn1. The van der Waals surface area contributed by atoms with Gasteiger partial charge in [0.05, 0.1) is 5.38 Å². The first kappa shape index (κ1) is 22.3. The Morgan fingerprint density at radius 1 is 0.706 bits per heavy atom. The van der Waals surface area contributed by atoms with Crippen molar-refractivity contribution >= 4 is 40.0 Å². The summed E-state index contributed by atoms with van der Waals surface area (Å²) < 4.78 is 8.63. The minimum atomic E-state index is -2.70. The van der Waals surface area contributed by atoms with Crippen molar-refractivity contribution < 1.29 is 24.5 Å².